The molecule has 2 bridgehead atoms. The van der Waals surface area contributed by atoms with Gasteiger partial charge in [-0.15, -0.1) is 0 Å². The van der Waals surface area contributed by atoms with Gasteiger partial charge in [0.05, 0.1) is 17.6 Å². The van der Waals surface area contributed by atoms with Gasteiger partial charge in [-0.05, 0) is 120 Å². The standard InChI is InChI=1S/C15H28BNO2Si23/c1-9(2)6-13(16-18-12-8-10-7-11(14(10,3)4)15(12,5)19-16)17-21-23-25-27-29-31-33-35-37-39-41-42-40-38-36-34-32-30-28-26-24-22-20/h9-13H,6-8,20H2,1-5H3/t10-,11-,12+,13-,15-/m0/s1. The Labute approximate surface area is 291 Å². The Kier molecular flexibility index (Phi) is 22.8. The van der Waals surface area contributed by atoms with Crippen molar-refractivity contribution in [2.24, 2.45) is 27.8 Å². The zero-order chi connectivity index (χ0) is 30.3. The van der Waals surface area contributed by atoms with Crippen molar-refractivity contribution in [2.75, 3.05) is 0 Å². The summed E-state index contributed by atoms with van der Waals surface area (Å²) in [5.74, 6) is 2.33. The van der Waals surface area contributed by atoms with Crippen LogP contribution in [0.15, 0.2) is 4.63 Å². The van der Waals surface area contributed by atoms with Crippen LogP contribution in [0.3, 0.4) is 0 Å². The second kappa shape index (κ2) is 23.3. The van der Waals surface area contributed by atoms with Crippen molar-refractivity contribution < 1.29 is 9.31 Å². The molecular weight excluding hydrogens is 883 g/mol. The molecule has 1 heterocycles. The average molecular weight is 911 g/mol. The summed E-state index contributed by atoms with van der Waals surface area (Å²) in [5, 5.41) is 0. The SMILES string of the molecule is CC(C)C[C@H](N=[Si]=[Si]=[Si]=[Si]=[Si]=[Si]=[Si]=[Si]=[Si]=[Si]=[Si]=[Si]=[Si]=[Si]=[Si]=[Si]=[Si]=[Si]=[Si]=[Si]=[Si]=[Si]=[SiH2])B1O[C@@H]2C[C@@H]3C[C@@H](C3(C)C)[C@]2(C)O1. The fourth-order valence-corrected chi connectivity index (χ4v) is 156. The second-order valence-electron chi connectivity index (χ2n) is 11.0. The lowest BCUT2D eigenvalue weighted by Crippen LogP contribution is -2.65. The monoisotopic (exact) mass is 909 g/mol. The zero-order valence-electron chi connectivity index (χ0n) is 24.6. The van der Waals surface area contributed by atoms with Gasteiger partial charge in [-0.1, -0.05) is 35.4 Å². The summed E-state index contributed by atoms with van der Waals surface area (Å²) in [6.07, 6.45) is 3.91. The fourth-order valence-electron chi connectivity index (χ4n) is 5.52. The molecule has 0 spiro atoms. The van der Waals surface area contributed by atoms with E-state index in [2.05, 4.69) is 44.0 Å². The van der Waals surface area contributed by atoms with Crippen molar-refractivity contribution in [3.63, 3.8) is 0 Å². The fraction of sp³-hybridized carbons (Fsp3) is 1.00. The summed E-state index contributed by atoms with van der Waals surface area (Å²) in [4.78, 5) is 0. The van der Waals surface area contributed by atoms with Crippen LogP contribution >= 0.6 is 0 Å². The van der Waals surface area contributed by atoms with E-state index in [0.29, 0.717) is 17.3 Å². The minimum Gasteiger partial charge on any atom is -0.404 e. The van der Waals surface area contributed by atoms with Crippen molar-refractivity contribution >= 4 is 187 Å². The van der Waals surface area contributed by atoms with Gasteiger partial charge in [0.1, 0.15) is 8.41 Å². The first kappa shape index (κ1) is 41.2. The molecule has 4 fully saturated rings. The van der Waals surface area contributed by atoms with Gasteiger partial charge in [0.15, 0.2) is 0 Å². The number of nitrogens with zero attached hydrogens (tertiary/aromatic N) is 1. The van der Waals surface area contributed by atoms with Gasteiger partial charge < -0.3 is 9.31 Å². The summed E-state index contributed by atoms with van der Waals surface area (Å²) in [6, 6.07) is 0. The van der Waals surface area contributed by atoms with E-state index >= 15 is 0 Å². The molecule has 3 aliphatic carbocycles. The van der Waals surface area contributed by atoms with Gasteiger partial charge in [0.2, 0.25) is 0 Å². The molecule has 0 amide bonds. The van der Waals surface area contributed by atoms with Crippen LogP contribution in [-0.4, -0.2) is 204 Å². The molecule has 4 aliphatic rings. The molecule has 0 aromatic carbocycles. The molecule has 0 unspecified atom stereocenters. The maximum absolute atomic E-state index is 6.81. The first-order valence-electron chi connectivity index (χ1n) is 13.6. The van der Waals surface area contributed by atoms with Crippen LogP contribution in [0.4, 0.5) is 0 Å². The van der Waals surface area contributed by atoms with Crippen LogP contribution in [0.1, 0.15) is 53.9 Å². The van der Waals surface area contributed by atoms with E-state index in [0.717, 1.165) is 28.5 Å². The largest absolute Gasteiger partial charge is 0.483 e. The third-order valence-electron chi connectivity index (χ3n) is 7.56. The lowest BCUT2D eigenvalue weighted by atomic mass is 9.43. The number of rotatable bonds is 4. The molecule has 4 rings (SSSR count). The predicted octanol–water partition coefficient (Wildman–Crippen LogP) is -5.89. The van der Waals surface area contributed by atoms with E-state index in [-0.39, 0.29) is 24.8 Å². The molecular formula is C15H28BNO2Si23. The van der Waals surface area contributed by atoms with Crippen LogP contribution in [0, 0.1) is 23.2 Å². The second-order valence-corrected chi connectivity index (χ2v) is 81.7. The van der Waals surface area contributed by atoms with Crippen molar-refractivity contribution in [3.8, 4) is 0 Å². The van der Waals surface area contributed by atoms with Crippen molar-refractivity contribution in [2.45, 2.75) is 71.5 Å². The molecule has 3 nitrogen and oxygen atoms in total. The van der Waals surface area contributed by atoms with Crippen LogP contribution in [0.5, 0.6) is 0 Å². The van der Waals surface area contributed by atoms with Crippen molar-refractivity contribution in [1.82, 2.24) is 0 Å². The van der Waals surface area contributed by atoms with E-state index in [4.69, 9.17) is 13.9 Å². The minimum atomic E-state index is -0.105. The van der Waals surface area contributed by atoms with Crippen LogP contribution in [0.2, 0.25) is 0 Å². The summed E-state index contributed by atoms with van der Waals surface area (Å²) < 4.78 is 18.7. The Morgan fingerprint density at radius 2 is 1.17 bits per heavy atom. The lowest BCUT2D eigenvalue weighted by molar-refractivity contribution is -0.199. The average Bonchev–Trinajstić information content (AvgIpc) is 3.32. The molecule has 1 saturated heterocycles. The summed E-state index contributed by atoms with van der Waals surface area (Å²) >= 11 is 0. The number of hydrogen-bond acceptors (Lipinski definition) is 3. The van der Waals surface area contributed by atoms with E-state index in [1.807, 2.05) is 0 Å². The molecule has 0 aromatic rings. The first-order chi connectivity index (χ1) is 20.3. The Bertz CT molecular complexity index is 2010. The molecule has 1 aliphatic heterocycles. The maximum Gasteiger partial charge on any atom is 0.483 e. The van der Waals surface area contributed by atoms with Crippen LogP contribution in [0.25, 0.3) is 0 Å². The van der Waals surface area contributed by atoms with Crippen molar-refractivity contribution in [1.29, 1.82) is 0 Å². The Morgan fingerprint density at radius 1 is 0.714 bits per heavy atom. The molecule has 3 saturated carbocycles. The van der Waals surface area contributed by atoms with E-state index < -0.39 is 0 Å². The predicted molar refractivity (Wildman–Crippen MR) is 211 cm³/mol. The zero-order valence-corrected chi connectivity index (χ0v) is 48.0. The molecule has 0 N–H and O–H groups in total. The molecule has 0 aromatic heterocycles. The van der Waals surface area contributed by atoms with E-state index in [1.165, 1.54) is 167 Å². The maximum atomic E-state index is 6.81. The van der Waals surface area contributed by atoms with Gasteiger partial charge in [0, 0.05) is 92.5 Å². The Balaban J connectivity index is 1.77. The van der Waals surface area contributed by atoms with Crippen LogP contribution in [-0.2, 0) is 9.31 Å². The number of hydrogen-bond donors (Lipinski definition) is 0. The van der Waals surface area contributed by atoms with Gasteiger partial charge in [-0.25, -0.2) is 0 Å². The van der Waals surface area contributed by atoms with Gasteiger partial charge >= 0.3 is 7.12 Å². The van der Waals surface area contributed by atoms with Crippen LogP contribution < -0.4 is 0 Å². The molecule has 5 atom stereocenters. The molecule has 200 valence electrons. The normalized spacial score (nSPS) is 22.6. The topological polar surface area (TPSA) is 30.8 Å². The van der Waals surface area contributed by atoms with Gasteiger partial charge in [-0.2, -0.15) is 0 Å². The highest BCUT2D eigenvalue weighted by Crippen LogP contribution is 2.65. The van der Waals surface area contributed by atoms with E-state index in [1.54, 1.807) is 0 Å². The smallest absolute Gasteiger partial charge is 0.404 e. The molecule has 27 heteroatoms. The lowest BCUT2D eigenvalue weighted by Gasteiger charge is -2.64. The van der Waals surface area contributed by atoms with E-state index in [9.17, 15) is 0 Å². The highest BCUT2D eigenvalue weighted by molar-refractivity contribution is 7.17. The summed E-state index contributed by atoms with van der Waals surface area (Å²) in [5.41, 5.74) is 0.320. The van der Waals surface area contributed by atoms with Gasteiger partial charge in [-0.3, -0.25) is 4.63 Å². The minimum absolute atomic E-state index is 0.0945. The Hall–Kier alpha value is 4.77. The molecule has 42 heavy (non-hydrogen) atoms. The summed E-state index contributed by atoms with van der Waals surface area (Å²) in [7, 11) is 30.3. The first-order valence-corrected chi connectivity index (χ1v) is 58.9. The third-order valence-corrected chi connectivity index (χ3v) is 112. The highest BCUT2D eigenvalue weighted by atomic mass is 29.5. The van der Waals surface area contributed by atoms with Gasteiger partial charge in [0.25, 0.3) is 0 Å². The Morgan fingerprint density at radius 3 is 1.60 bits per heavy atom. The quantitative estimate of drug-likeness (QED) is 0.264. The highest BCUT2D eigenvalue weighted by Gasteiger charge is 2.68. The summed E-state index contributed by atoms with van der Waals surface area (Å²) in [6.45, 7) is 11.9. The third kappa shape index (κ3) is 14.2. The van der Waals surface area contributed by atoms with Crippen molar-refractivity contribution in [3.05, 3.63) is 0 Å². The molecule has 0 radical (unpaired) electrons.